The number of thiol groups is 1. The van der Waals surface area contributed by atoms with E-state index in [9.17, 15) is 9.59 Å². The van der Waals surface area contributed by atoms with Crippen molar-refractivity contribution in [1.82, 2.24) is 10.6 Å². The third-order valence-corrected chi connectivity index (χ3v) is 2.29. The second-order valence-corrected chi connectivity index (χ2v) is 4.46. The van der Waals surface area contributed by atoms with Gasteiger partial charge < -0.3 is 10.6 Å². The quantitative estimate of drug-likeness (QED) is 0.583. The highest BCUT2D eigenvalue weighted by atomic mass is 32.1. The second-order valence-electron chi connectivity index (χ2n) is 3.69. The summed E-state index contributed by atoms with van der Waals surface area (Å²) in [7, 11) is 0. The minimum Gasteiger partial charge on any atom is -0.352 e. The Hall–Kier alpha value is -0.710. The van der Waals surface area contributed by atoms with E-state index in [0.717, 1.165) is 12.8 Å². The topological polar surface area (TPSA) is 58.2 Å². The van der Waals surface area contributed by atoms with E-state index in [1.807, 2.05) is 0 Å². The normalized spacial score (nSPS) is 19.6. The fourth-order valence-electron chi connectivity index (χ4n) is 0.953. The van der Waals surface area contributed by atoms with Crippen LogP contribution in [0, 0.1) is 0 Å². The Labute approximate surface area is 89.2 Å². The SMILES string of the molecule is CC(S)C(=O)NC(C)C(=O)NC1CC1. The fraction of sp³-hybridized carbons (Fsp3) is 0.778. The lowest BCUT2D eigenvalue weighted by Gasteiger charge is -2.14. The van der Waals surface area contributed by atoms with Gasteiger partial charge in [0.25, 0.3) is 0 Å². The van der Waals surface area contributed by atoms with Crippen molar-refractivity contribution in [2.45, 2.75) is 44.0 Å². The molecule has 2 amide bonds. The molecule has 1 saturated carbocycles. The first kappa shape index (κ1) is 11.4. The van der Waals surface area contributed by atoms with E-state index in [-0.39, 0.29) is 17.1 Å². The standard InChI is InChI=1S/C9H16N2O2S/c1-5(10-9(13)6(2)14)8(12)11-7-3-4-7/h5-7,14H,3-4H2,1-2H3,(H,10,13)(H,11,12). The molecule has 2 unspecified atom stereocenters. The molecule has 0 radical (unpaired) electrons. The van der Waals surface area contributed by atoms with Gasteiger partial charge in [-0.1, -0.05) is 0 Å². The summed E-state index contributed by atoms with van der Waals surface area (Å²) in [6, 6.07) is -0.145. The Bertz CT molecular complexity index is 239. The Morgan fingerprint density at radius 3 is 2.29 bits per heavy atom. The first-order chi connectivity index (χ1) is 6.50. The Kier molecular flexibility index (Phi) is 3.80. The number of nitrogens with one attached hydrogen (secondary N) is 2. The summed E-state index contributed by atoms with van der Waals surface area (Å²) in [5.41, 5.74) is 0. The summed E-state index contributed by atoms with van der Waals surface area (Å²) in [6.45, 7) is 3.34. The number of carbonyl (C=O) groups excluding carboxylic acids is 2. The summed E-state index contributed by atoms with van der Waals surface area (Å²) in [4.78, 5) is 22.6. The molecule has 0 aromatic carbocycles. The Morgan fingerprint density at radius 2 is 1.86 bits per heavy atom. The molecule has 5 heteroatoms. The van der Waals surface area contributed by atoms with Gasteiger partial charge in [-0.2, -0.15) is 12.6 Å². The smallest absolute Gasteiger partial charge is 0.242 e. The summed E-state index contributed by atoms with van der Waals surface area (Å²) >= 11 is 3.97. The van der Waals surface area contributed by atoms with E-state index in [0.29, 0.717) is 6.04 Å². The minimum absolute atomic E-state index is 0.116. The molecule has 1 rings (SSSR count). The highest BCUT2D eigenvalue weighted by Crippen LogP contribution is 2.18. The highest BCUT2D eigenvalue weighted by molar-refractivity contribution is 7.81. The molecule has 2 atom stereocenters. The lowest BCUT2D eigenvalue weighted by molar-refractivity contribution is -0.128. The number of hydrogen-bond donors (Lipinski definition) is 3. The molecule has 1 aliphatic rings. The van der Waals surface area contributed by atoms with Gasteiger partial charge in [0.05, 0.1) is 5.25 Å². The van der Waals surface area contributed by atoms with Crippen molar-refractivity contribution in [3.05, 3.63) is 0 Å². The average molecular weight is 216 g/mol. The van der Waals surface area contributed by atoms with E-state index in [1.165, 1.54) is 0 Å². The molecule has 0 aromatic rings. The lowest BCUT2D eigenvalue weighted by Crippen LogP contribution is -2.47. The van der Waals surface area contributed by atoms with Crippen LogP contribution < -0.4 is 10.6 Å². The van der Waals surface area contributed by atoms with Crippen LogP contribution in [0.1, 0.15) is 26.7 Å². The minimum atomic E-state index is -0.474. The van der Waals surface area contributed by atoms with E-state index in [2.05, 4.69) is 23.3 Å². The molecule has 14 heavy (non-hydrogen) atoms. The van der Waals surface area contributed by atoms with Crippen LogP contribution in [0.15, 0.2) is 0 Å². The maximum Gasteiger partial charge on any atom is 0.242 e. The number of carbonyl (C=O) groups is 2. The zero-order valence-corrected chi connectivity index (χ0v) is 9.30. The summed E-state index contributed by atoms with van der Waals surface area (Å²) in [5.74, 6) is -0.332. The first-order valence-corrected chi connectivity index (χ1v) is 5.31. The van der Waals surface area contributed by atoms with Crippen molar-refractivity contribution in [2.24, 2.45) is 0 Å². The van der Waals surface area contributed by atoms with Gasteiger partial charge in [0.15, 0.2) is 0 Å². The maximum absolute atomic E-state index is 11.4. The molecule has 0 heterocycles. The highest BCUT2D eigenvalue weighted by Gasteiger charge is 2.26. The number of rotatable bonds is 4. The molecule has 2 N–H and O–H groups in total. The van der Waals surface area contributed by atoms with E-state index < -0.39 is 6.04 Å². The van der Waals surface area contributed by atoms with Crippen LogP contribution in [0.2, 0.25) is 0 Å². The number of amides is 2. The van der Waals surface area contributed by atoms with Gasteiger partial charge in [0, 0.05) is 6.04 Å². The Morgan fingerprint density at radius 1 is 1.29 bits per heavy atom. The average Bonchev–Trinajstić information content (AvgIpc) is 2.87. The van der Waals surface area contributed by atoms with Crippen LogP contribution in [-0.4, -0.2) is 29.1 Å². The predicted octanol–water partition coefficient (Wildman–Crippen LogP) is 0.0880. The lowest BCUT2D eigenvalue weighted by atomic mass is 10.3. The third kappa shape index (κ3) is 3.57. The molecule has 0 bridgehead atoms. The molecule has 0 spiro atoms. The van der Waals surface area contributed by atoms with Crippen molar-refractivity contribution < 1.29 is 9.59 Å². The monoisotopic (exact) mass is 216 g/mol. The zero-order chi connectivity index (χ0) is 10.7. The van der Waals surface area contributed by atoms with Gasteiger partial charge in [-0.3, -0.25) is 9.59 Å². The molecule has 0 aliphatic heterocycles. The molecular weight excluding hydrogens is 200 g/mol. The molecule has 0 saturated heterocycles. The largest absolute Gasteiger partial charge is 0.352 e. The molecule has 1 fully saturated rings. The first-order valence-electron chi connectivity index (χ1n) is 4.79. The molecule has 0 aromatic heterocycles. The van der Waals surface area contributed by atoms with Crippen LogP contribution in [0.3, 0.4) is 0 Å². The summed E-state index contributed by atoms with van der Waals surface area (Å²) < 4.78 is 0. The summed E-state index contributed by atoms with van der Waals surface area (Å²) in [5, 5.41) is 5.02. The van der Waals surface area contributed by atoms with Gasteiger partial charge in [0.1, 0.15) is 6.04 Å². The van der Waals surface area contributed by atoms with Crippen LogP contribution in [0.25, 0.3) is 0 Å². The van der Waals surface area contributed by atoms with Gasteiger partial charge in [-0.15, -0.1) is 0 Å². The van der Waals surface area contributed by atoms with Crippen molar-refractivity contribution >= 4 is 24.4 Å². The van der Waals surface area contributed by atoms with Crippen molar-refractivity contribution in [2.75, 3.05) is 0 Å². The molecular formula is C9H16N2O2S. The predicted molar refractivity (Wildman–Crippen MR) is 57.2 cm³/mol. The van der Waals surface area contributed by atoms with Crippen LogP contribution in [-0.2, 0) is 9.59 Å². The van der Waals surface area contributed by atoms with Crippen LogP contribution in [0.4, 0.5) is 0 Å². The van der Waals surface area contributed by atoms with E-state index in [4.69, 9.17) is 0 Å². The van der Waals surface area contributed by atoms with Gasteiger partial charge in [0.2, 0.25) is 11.8 Å². The van der Waals surface area contributed by atoms with Crippen molar-refractivity contribution in [3.8, 4) is 0 Å². The zero-order valence-electron chi connectivity index (χ0n) is 8.41. The second kappa shape index (κ2) is 4.68. The molecule has 80 valence electrons. The molecule has 4 nitrogen and oxygen atoms in total. The van der Waals surface area contributed by atoms with Crippen LogP contribution in [0.5, 0.6) is 0 Å². The fourth-order valence-corrected chi connectivity index (χ4v) is 1.03. The summed E-state index contributed by atoms with van der Waals surface area (Å²) in [6.07, 6.45) is 2.10. The number of hydrogen-bond acceptors (Lipinski definition) is 3. The van der Waals surface area contributed by atoms with Crippen molar-refractivity contribution in [1.29, 1.82) is 0 Å². The maximum atomic E-state index is 11.4. The third-order valence-electron chi connectivity index (χ3n) is 2.06. The Balaban J connectivity index is 2.28. The van der Waals surface area contributed by atoms with Crippen molar-refractivity contribution in [3.63, 3.8) is 0 Å². The van der Waals surface area contributed by atoms with E-state index in [1.54, 1.807) is 13.8 Å². The van der Waals surface area contributed by atoms with Gasteiger partial charge in [-0.05, 0) is 26.7 Å². The van der Waals surface area contributed by atoms with E-state index >= 15 is 0 Å². The molecule has 1 aliphatic carbocycles. The van der Waals surface area contributed by atoms with Gasteiger partial charge >= 0.3 is 0 Å². The van der Waals surface area contributed by atoms with Crippen LogP contribution >= 0.6 is 12.6 Å². The van der Waals surface area contributed by atoms with Gasteiger partial charge in [-0.25, -0.2) is 0 Å².